The van der Waals surface area contributed by atoms with Gasteiger partial charge in [0.15, 0.2) is 0 Å². The second-order valence-corrected chi connectivity index (χ2v) is 7.16. The van der Waals surface area contributed by atoms with Crippen molar-refractivity contribution in [2.45, 2.75) is 12.8 Å². The van der Waals surface area contributed by atoms with Crippen molar-refractivity contribution in [3.8, 4) is 11.3 Å². The van der Waals surface area contributed by atoms with Crippen LogP contribution in [0.25, 0.3) is 11.3 Å². The Labute approximate surface area is 185 Å². The van der Waals surface area contributed by atoms with Gasteiger partial charge in [-0.05, 0) is 60.5 Å². The maximum atomic E-state index is 12.6. The number of halogens is 1. The molecule has 2 N–H and O–H groups in total. The van der Waals surface area contributed by atoms with Crippen molar-refractivity contribution < 1.29 is 4.79 Å². The number of aromatic nitrogens is 3. The summed E-state index contributed by atoms with van der Waals surface area (Å²) in [7, 11) is 0. The van der Waals surface area contributed by atoms with Crippen LogP contribution in [-0.4, -0.2) is 20.9 Å². The molecule has 7 heteroatoms. The van der Waals surface area contributed by atoms with E-state index in [2.05, 4.69) is 25.6 Å². The van der Waals surface area contributed by atoms with Gasteiger partial charge in [0.25, 0.3) is 5.91 Å². The number of benzene rings is 2. The smallest absolute Gasteiger partial charge is 0.255 e. The van der Waals surface area contributed by atoms with Crippen molar-refractivity contribution in [3.63, 3.8) is 0 Å². The Morgan fingerprint density at radius 1 is 0.968 bits per heavy atom. The van der Waals surface area contributed by atoms with Crippen LogP contribution in [0.3, 0.4) is 0 Å². The molecule has 0 radical (unpaired) electrons. The zero-order chi connectivity index (χ0) is 21.6. The van der Waals surface area contributed by atoms with Crippen LogP contribution in [-0.2, 0) is 5.88 Å². The minimum absolute atomic E-state index is 0.184. The molecule has 0 unspecified atom stereocenters. The number of amides is 1. The second kappa shape index (κ2) is 9.36. The summed E-state index contributed by atoms with van der Waals surface area (Å²) in [5, 5.41) is 6.21. The molecule has 0 fully saturated rings. The maximum Gasteiger partial charge on any atom is 0.255 e. The number of nitrogens with one attached hydrogen (secondary N) is 2. The van der Waals surface area contributed by atoms with Crippen LogP contribution in [0.1, 0.15) is 21.5 Å². The van der Waals surface area contributed by atoms with Gasteiger partial charge in [0, 0.05) is 47.0 Å². The molecule has 0 atom stereocenters. The molecule has 0 saturated heterocycles. The lowest BCUT2D eigenvalue weighted by atomic mass is 10.1. The summed E-state index contributed by atoms with van der Waals surface area (Å²) in [6.07, 6.45) is 5.18. The molecular weight excluding hydrogens is 410 g/mol. The van der Waals surface area contributed by atoms with Crippen LogP contribution in [0.5, 0.6) is 0 Å². The first-order chi connectivity index (χ1) is 15.1. The van der Waals surface area contributed by atoms with Crippen LogP contribution in [0.2, 0.25) is 0 Å². The predicted octanol–water partition coefficient (Wildman–Crippen LogP) is 5.58. The first kappa shape index (κ1) is 20.5. The van der Waals surface area contributed by atoms with E-state index in [0.29, 0.717) is 23.1 Å². The first-order valence-electron chi connectivity index (χ1n) is 9.70. The highest BCUT2D eigenvalue weighted by atomic mass is 35.5. The van der Waals surface area contributed by atoms with Gasteiger partial charge in [-0.2, -0.15) is 0 Å². The molecule has 0 aliphatic carbocycles. The van der Waals surface area contributed by atoms with E-state index >= 15 is 0 Å². The van der Waals surface area contributed by atoms with Gasteiger partial charge in [-0.1, -0.05) is 18.2 Å². The summed E-state index contributed by atoms with van der Waals surface area (Å²) in [5.41, 5.74) is 5.61. The lowest BCUT2D eigenvalue weighted by Crippen LogP contribution is -2.13. The molecule has 2 aromatic heterocycles. The van der Waals surface area contributed by atoms with E-state index in [9.17, 15) is 4.79 Å². The van der Waals surface area contributed by atoms with Gasteiger partial charge in [-0.25, -0.2) is 9.97 Å². The fraction of sp³-hybridized carbons (Fsp3) is 0.0833. The maximum absolute atomic E-state index is 12.6. The quantitative estimate of drug-likeness (QED) is 0.391. The molecule has 1 amide bonds. The van der Waals surface area contributed by atoms with E-state index in [1.807, 2.05) is 55.5 Å². The van der Waals surface area contributed by atoms with Crippen LogP contribution in [0.4, 0.5) is 17.3 Å². The SMILES string of the molecule is Cc1c(NC(=O)c2ccc(CCl)cc2)cccc1Nc1nccc(-c2cccnc2)n1. The Kier molecular flexibility index (Phi) is 6.19. The minimum atomic E-state index is -0.184. The van der Waals surface area contributed by atoms with Crippen LogP contribution in [0.15, 0.2) is 79.3 Å². The molecule has 0 aliphatic rings. The molecular formula is C24H20ClN5O. The third kappa shape index (κ3) is 4.87. The van der Waals surface area contributed by atoms with Gasteiger partial charge >= 0.3 is 0 Å². The third-order valence-electron chi connectivity index (χ3n) is 4.81. The fourth-order valence-corrected chi connectivity index (χ4v) is 3.24. The molecule has 31 heavy (non-hydrogen) atoms. The average molecular weight is 430 g/mol. The highest BCUT2D eigenvalue weighted by Gasteiger charge is 2.11. The summed E-state index contributed by atoms with van der Waals surface area (Å²) in [4.78, 5) is 25.7. The second-order valence-electron chi connectivity index (χ2n) is 6.90. The Morgan fingerprint density at radius 3 is 2.52 bits per heavy atom. The highest BCUT2D eigenvalue weighted by Crippen LogP contribution is 2.26. The van der Waals surface area contributed by atoms with Gasteiger partial charge in [0.05, 0.1) is 5.69 Å². The number of hydrogen-bond donors (Lipinski definition) is 2. The van der Waals surface area contributed by atoms with Crippen molar-refractivity contribution >= 4 is 34.8 Å². The highest BCUT2D eigenvalue weighted by molar-refractivity contribution is 6.17. The van der Waals surface area contributed by atoms with Crippen molar-refractivity contribution in [1.29, 1.82) is 0 Å². The largest absolute Gasteiger partial charge is 0.324 e. The third-order valence-corrected chi connectivity index (χ3v) is 5.12. The van der Waals surface area contributed by atoms with E-state index in [0.717, 1.165) is 28.1 Å². The normalized spacial score (nSPS) is 10.5. The zero-order valence-electron chi connectivity index (χ0n) is 16.8. The van der Waals surface area contributed by atoms with E-state index in [1.54, 1.807) is 30.7 Å². The summed E-state index contributed by atoms with van der Waals surface area (Å²) >= 11 is 5.82. The average Bonchev–Trinajstić information content (AvgIpc) is 2.82. The van der Waals surface area contributed by atoms with E-state index in [4.69, 9.17) is 11.6 Å². The lowest BCUT2D eigenvalue weighted by Gasteiger charge is -2.14. The summed E-state index contributed by atoms with van der Waals surface area (Å²) in [6, 6.07) is 18.5. The van der Waals surface area contributed by atoms with Crippen molar-refractivity contribution in [1.82, 2.24) is 15.0 Å². The van der Waals surface area contributed by atoms with Gasteiger partial charge in [-0.15, -0.1) is 11.6 Å². The van der Waals surface area contributed by atoms with Crippen molar-refractivity contribution in [3.05, 3.63) is 95.9 Å². The van der Waals surface area contributed by atoms with Crippen molar-refractivity contribution in [2.24, 2.45) is 0 Å². The van der Waals surface area contributed by atoms with Crippen molar-refractivity contribution in [2.75, 3.05) is 10.6 Å². The zero-order valence-corrected chi connectivity index (χ0v) is 17.6. The minimum Gasteiger partial charge on any atom is -0.324 e. The summed E-state index contributed by atoms with van der Waals surface area (Å²) < 4.78 is 0. The molecule has 4 rings (SSSR count). The summed E-state index contributed by atoms with van der Waals surface area (Å²) in [5.74, 6) is 0.694. The number of pyridine rings is 1. The Hall–Kier alpha value is -3.77. The first-order valence-corrected chi connectivity index (χ1v) is 10.2. The summed E-state index contributed by atoms with van der Waals surface area (Å²) in [6.45, 7) is 1.93. The Bertz CT molecular complexity index is 1200. The lowest BCUT2D eigenvalue weighted by molar-refractivity contribution is 0.102. The van der Waals surface area contributed by atoms with Gasteiger partial charge < -0.3 is 10.6 Å². The molecule has 2 aromatic carbocycles. The fourth-order valence-electron chi connectivity index (χ4n) is 3.06. The molecule has 2 heterocycles. The molecule has 0 spiro atoms. The van der Waals surface area contributed by atoms with E-state index < -0.39 is 0 Å². The molecule has 0 saturated carbocycles. The van der Waals surface area contributed by atoms with E-state index in [-0.39, 0.29) is 5.91 Å². The topological polar surface area (TPSA) is 79.8 Å². The number of carbonyl (C=O) groups is 1. The number of anilines is 3. The van der Waals surface area contributed by atoms with Crippen LogP contribution < -0.4 is 10.6 Å². The van der Waals surface area contributed by atoms with E-state index in [1.165, 1.54) is 0 Å². The molecule has 0 bridgehead atoms. The monoisotopic (exact) mass is 429 g/mol. The van der Waals surface area contributed by atoms with Gasteiger partial charge in [-0.3, -0.25) is 9.78 Å². The number of hydrogen-bond acceptors (Lipinski definition) is 5. The molecule has 154 valence electrons. The molecule has 0 aliphatic heterocycles. The van der Waals surface area contributed by atoms with Gasteiger partial charge in [0.1, 0.15) is 0 Å². The molecule has 6 nitrogen and oxygen atoms in total. The Morgan fingerprint density at radius 2 is 1.77 bits per heavy atom. The number of alkyl halides is 1. The number of carbonyl (C=O) groups excluding carboxylic acids is 1. The molecule has 4 aromatic rings. The van der Waals surface area contributed by atoms with Gasteiger partial charge in [0.2, 0.25) is 5.95 Å². The Balaban J connectivity index is 1.53. The number of rotatable bonds is 6. The standard InChI is InChI=1S/C24H20ClN5O/c1-16-20(28-23(31)18-9-7-17(14-25)8-10-18)5-2-6-21(16)29-24-27-13-11-22(30-24)19-4-3-12-26-15-19/h2-13,15H,14H2,1H3,(H,28,31)(H,27,29,30). The van der Waals surface area contributed by atoms with Crippen LogP contribution >= 0.6 is 11.6 Å². The van der Waals surface area contributed by atoms with Crippen LogP contribution in [0, 0.1) is 6.92 Å². The predicted molar refractivity (Wildman–Crippen MR) is 124 cm³/mol. The number of nitrogens with zero attached hydrogens (tertiary/aromatic N) is 3.